The first-order valence-electron chi connectivity index (χ1n) is 15.8. The van der Waals surface area contributed by atoms with Crippen LogP contribution in [0.15, 0.2) is 36.4 Å². The van der Waals surface area contributed by atoms with Crippen molar-refractivity contribution in [1.29, 1.82) is 0 Å². The Morgan fingerprint density at radius 1 is 1.11 bits per heavy atom. The van der Waals surface area contributed by atoms with Gasteiger partial charge in [0.15, 0.2) is 0 Å². The molecular weight excluding hydrogens is 645 g/mol. The maximum absolute atomic E-state index is 14.5. The number of primary amides is 1. The summed E-state index contributed by atoms with van der Waals surface area (Å²) in [6.45, 7) is 7.28. The van der Waals surface area contributed by atoms with E-state index in [1.165, 1.54) is 7.11 Å². The Morgan fingerprint density at radius 3 is 2.43 bits per heavy atom. The predicted octanol–water partition coefficient (Wildman–Crippen LogP) is 5.44. The van der Waals surface area contributed by atoms with E-state index >= 15 is 0 Å². The van der Waals surface area contributed by atoms with Gasteiger partial charge in [-0.1, -0.05) is 75.9 Å². The van der Waals surface area contributed by atoms with Gasteiger partial charge in [0.1, 0.15) is 23.4 Å². The molecule has 11 nitrogen and oxygen atoms in total. The number of nitrogens with two attached hydrogens (primary N) is 1. The van der Waals surface area contributed by atoms with Gasteiger partial charge in [-0.05, 0) is 60.1 Å². The van der Waals surface area contributed by atoms with Crippen LogP contribution >= 0.6 is 23.2 Å². The minimum Gasteiger partial charge on any atom is -0.497 e. The topological polar surface area (TPSA) is 167 Å². The van der Waals surface area contributed by atoms with E-state index < -0.39 is 47.4 Å². The summed E-state index contributed by atoms with van der Waals surface area (Å²) in [5.74, 6) is -2.04. The van der Waals surface area contributed by atoms with E-state index in [1.807, 2.05) is 20.8 Å². The molecule has 13 heteroatoms. The number of ether oxygens (including phenoxy) is 1. The van der Waals surface area contributed by atoms with E-state index in [4.69, 9.17) is 33.7 Å². The van der Waals surface area contributed by atoms with Gasteiger partial charge in [-0.15, -0.1) is 0 Å². The first-order chi connectivity index (χ1) is 22.2. The van der Waals surface area contributed by atoms with Crippen LogP contribution in [-0.2, 0) is 33.8 Å². The molecule has 0 aliphatic heterocycles. The summed E-state index contributed by atoms with van der Waals surface area (Å²) in [6, 6.07) is 8.21. The van der Waals surface area contributed by atoms with Gasteiger partial charge in [-0.25, -0.2) is 4.79 Å². The molecule has 1 heterocycles. The Morgan fingerprint density at radius 2 is 1.81 bits per heavy atom. The Kier molecular flexibility index (Phi) is 11.3. The summed E-state index contributed by atoms with van der Waals surface area (Å²) >= 11 is 12.9. The molecule has 1 aliphatic carbocycles. The summed E-state index contributed by atoms with van der Waals surface area (Å²) in [7, 11) is 1.52. The summed E-state index contributed by atoms with van der Waals surface area (Å²) < 4.78 is 5.31. The van der Waals surface area contributed by atoms with Crippen LogP contribution in [0.1, 0.15) is 63.8 Å². The lowest BCUT2D eigenvalue weighted by atomic mass is 9.78. The number of carbonyl (C=O) groups excluding carboxylic acids is 3. The van der Waals surface area contributed by atoms with Crippen LogP contribution in [0.25, 0.3) is 10.9 Å². The molecule has 0 radical (unpaired) electrons. The fourth-order valence-corrected chi connectivity index (χ4v) is 6.87. The van der Waals surface area contributed by atoms with Crippen LogP contribution in [0.5, 0.6) is 5.75 Å². The Balaban J connectivity index is 1.79. The van der Waals surface area contributed by atoms with Crippen molar-refractivity contribution in [2.24, 2.45) is 17.6 Å². The number of aromatic amines is 1. The molecule has 4 amide bonds. The number of benzene rings is 2. The molecular formula is C34H43Cl2N5O6. The van der Waals surface area contributed by atoms with Gasteiger partial charge < -0.3 is 31.2 Å². The standard InChI is InChI=1S/C34H43Cl2N5O6/c1-6-18(3)27(30(37)42)39-32(44)34(12-11-26-24(16-34)23-14-21(35)15-25(36)28(23)38-26)40-31(43)29(19(4)7-2)41(33(45)46)17-20-9-8-10-22(13-20)47-5/h8-10,13-15,18-19,27,29,38H,6-7,11-12,16-17H2,1-5H3,(H2,37,42)(H,39,44)(H,40,43)(H,45,46)/t18-,19-,27?,29?,34+/m0/s1. The first-order valence-corrected chi connectivity index (χ1v) is 16.5. The minimum absolute atomic E-state index is 0.0404. The number of hydrogen-bond donors (Lipinski definition) is 5. The van der Waals surface area contributed by atoms with Crippen molar-refractivity contribution in [1.82, 2.24) is 20.5 Å². The van der Waals surface area contributed by atoms with Crippen molar-refractivity contribution in [3.05, 3.63) is 63.3 Å². The molecule has 6 N–H and O–H groups in total. The quantitative estimate of drug-likeness (QED) is 0.160. The average molecular weight is 689 g/mol. The lowest BCUT2D eigenvalue weighted by molar-refractivity contribution is -0.139. The van der Waals surface area contributed by atoms with Crippen molar-refractivity contribution >= 4 is 57.9 Å². The number of amides is 4. The molecule has 0 saturated heterocycles. The van der Waals surface area contributed by atoms with Gasteiger partial charge in [0.25, 0.3) is 0 Å². The van der Waals surface area contributed by atoms with E-state index in [-0.39, 0.29) is 25.3 Å². The van der Waals surface area contributed by atoms with Gasteiger partial charge in [0.2, 0.25) is 17.7 Å². The molecule has 0 bridgehead atoms. The molecule has 0 spiro atoms. The summed E-state index contributed by atoms with van der Waals surface area (Å²) in [5.41, 5.74) is 7.05. The number of halogens is 2. The fraction of sp³-hybridized carbons (Fsp3) is 0.471. The number of rotatable bonds is 13. The monoisotopic (exact) mass is 687 g/mol. The third-order valence-electron chi connectivity index (χ3n) is 9.42. The number of carbonyl (C=O) groups is 4. The van der Waals surface area contributed by atoms with Gasteiger partial charge >= 0.3 is 6.09 Å². The normalized spacial score (nSPS) is 18.4. The fourth-order valence-electron chi connectivity index (χ4n) is 6.33. The van der Waals surface area contributed by atoms with Crippen molar-refractivity contribution < 1.29 is 29.0 Å². The molecule has 3 aromatic rings. The van der Waals surface area contributed by atoms with Gasteiger partial charge in [0, 0.05) is 29.1 Å². The molecule has 254 valence electrons. The molecule has 0 fully saturated rings. The second-order valence-electron chi connectivity index (χ2n) is 12.5. The second-order valence-corrected chi connectivity index (χ2v) is 13.3. The molecule has 47 heavy (non-hydrogen) atoms. The Bertz CT molecular complexity index is 1660. The number of nitrogens with zero attached hydrogens (tertiary/aromatic N) is 1. The van der Waals surface area contributed by atoms with Crippen LogP contribution in [0.2, 0.25) is 10.0 Å². The molecule has 2 unspecified atom stereocenters. The van der Waals surface area contributed by atoms with Crippen LogP contribution in [0.4, 0.5) is 4.79 Å². The van der Waals surface area contributed by atoms with Crippen LogP contribution in [-0.4, -0.2) is 63.5 Å². The lowest BCUT2D eigenvalue weighted by Crippen LogP contribution is -2.67. The second kappa shape index (κ2) is 14.9. The van der Waals surface area contributed by atoms with Gasteiger partial charge in [-0.2, -0.15) is 0 Å². The van der Waals surface area contributed by atoms with Crippen molar-refractivity contribution in [3.63, 3.8) is 0 Å². The summed E-state index contributed by atoms with van der Waals surface area (Å²) in [4.78, 5) is 58.5. The van der Waals surface area contributed by atoms with Gasteiger partial charge in [0.05, 0.1) is 17.6 Å². The third kappa shape index (κ3) is 7.62. The number of hydrogen-bond acceptors (Lipinski definition) is 5. The highest BCUT2D eigenvalue weighted by Crippen LogP contribution is 2.38. The minimum atomic E-state index is -1.55. The zero-order valence-corrected chi connectivity index (χ0v) is 28.8. The highest BCUT2D eigenvalue weighted by Gasteiger charge is 2.47. The third-order valence-corrected chi connectivity index (χ3v) is 9.94. The number of aryl methyl sites for hydroxylation is 1. The smallest absolute Gasteiger partial charge is 0.408 e. The van der Waals surface area contributed by atoms with Gasteiger partial charge in [-0.3, -0.25) is 19.3 Å². The number of carboxylic acid groups (broad SMARTS) is 1. The zero-order chi connectivity index (χ0) is 34.6. The zero-order valence-electron chi connectivity index (χ0n) is 27.3. The lowest BCUT2D eigenvalue weighted by Gasteiger charge is -2.41. The van der Waals surface area contributed by atoms with Crippen LogP contribution in [0.3, 0.4) is 0 Å². The average Bonchev–Trinajstić information content (AvgIpc) is 3.40. The van der Waals surface area contributed by atoms with Crippen molar-refractivity contribution in [3.8, 4) is 5.75 Å². The van der Waals surface area contributed by atoms with E-state index in [1.54, 1.807) is 43.3 Å². The van der Waals surface area contributed by atoms with Crippen LogP contribution < -0.4 is 21.1 Å². The maximum Gasteiger partial charge on any atom is 0.408 e. The van der Waals surface area contributed by atoms with E-state index in [0.717, 1.165) is 16.2 Å². The van der Waals surface area contributed by atoms with Crippen LogP contribution in [0, 0.1) is 11.8 Å². The van der Waals surface area contributed by atoms with Crippen molar-refractivity contribution in [2.45, 2.75) is 84.0 Å². The Hall–Kier alpha value is -3.96. The molecule has 5 atom stereocenters. The molecule has 1 aromatic heterocycles. The largest absolute Gasteiger partial charge is 0.497 e. The number of H-pyrrole nitrogens is 1. The predicted molar refractivity (Wildman–Crippen MR) is 182 cm³/mol. The SMILES string of the molecule is CC[C@H](C)C(NC(=O)[C@@]1(NC(=O)C([C@@H](C)CC)N(Cc2cccc(OC)c2)C(=O)O)CCc2[nH]c3c(Cl)cc(Cl)cc3c2C1)C(N)=O. The van der Waals surface area contributed by atoms with Crippen molar-refractivity contribution in [2.75, 3.05) is 7.11 Å². The van der Waals surface area contributed by atoms with E-state index in [2.05, 4.69) is 15.6 Å². The summed E-state index contributed by atoms with van der Waals surface area (Å²) in [5, 5.41) is 17.8. The number of fused-ring (bicyclic) bond motifs is 3. The number of aromatic nitrogens is 1. The molecule has 0 saturated carbocycles. The number of nitrogens with one attached hydrogen (secondary N) is 3. The highest BCUT2D eigenvalue weighted by atomic mass is 35.5. The summed E-state index contributed by atoms with van der Waals surface area (Å²) in [6.07, 6.45) is 0.336. The Labute approximate surface area is 284 Å². The number of methoxy groups -OCH3 is 1. The highest BCUT2D eigenvalue weighted by molar-refractivity contribution is 6.38. The molecule has 1 aliphatic rings. The van der Waals surface area contributed by atoms with E-state index in [0.29, 0.717) is 51.5 Å². The molecule has 2 aromatic carbocycles. The molecule has 4 rings (SSSR count). The maximum atomic E-state index is 14.5. The van der Waals surface area contributed by atoms with E-state index in [9.17, 15) is 24.3 Å². The first kappa shape index (κ1) is 35.9.